The van der Waals surface area contributed by atoms with Gasteiger partial charge < -0.3 is 0 Å². The molecule has 88 valence electrons. The third-order valence-electron chi connectivity index (χ3n) is 3.37. The summed E-state index contributed by atoms with van der Waals surface area (Å²) in [6.07, 6.45) is 0. The summed E-state index contributed by atoms with van der Waals surface area (Å²) in [5, 5.41) is 13.1. The molecular weight excluding hydrogens is 295 g/mol. The Hall–Kier alpha value is -0.730. The van der Waals surface area contributed by atoms with Gasteiger partial charge >= 0.3 is 0 Å². The molecule has 0 unspecified atom stereocenters. The van der Waals surface area contributed by atoms with Crippen LogP contribution in [0.2, 0.25) is 0 Å². The fraction of sp³-hybridized carbons (Fsp3) is 0. The summed E-state index contributed by atoms with van der Waals surface area (Å²) in [6, 6.07) is 8.88. The van der Waals surface area contributed by atoms with E-state index < -0.39 is 6.04 Å². The third kappa shape index (κ3) is 1.28. The van der Waals surface area contributed by atoms with Crippen molar-refractivity contribution in [3.05, 3.63) is 51.9 Å². The first-order chi connectivity index (χ1) is 8.82. The highest BCUT2D eigenvalue weighted by atomic mass is 32.4. The van der Waals surface area contributed by atoms with Gasteiger partial charge in [-0.3, -0.25) is 0 Å². The van der Waals surface area contributed by atoms with Gasteiger partial charge in [-0.15, -0.1) is 0 Å². The maximum Gasteiger partial charge on any atom is 0.0408 e. The van der Waals surface area contributed by atoms with Crippen molar-refractivity contribution in [2.24, 2.45) is 0 Å². The summed E-state index contributed by atoms with van der Waals surface area (Å²) in [4.78, 5) is 0. The molecule has 18 heavy (non-hydrogen) atoms. The summed E-state index contributed by atoms with van der Waals surface area (Å²) in [6.45, 7) is 0. The lowest BCUT2D eigenvalue weighted by Gasteiger charge is -2.17. The van der Waals surface area contributed by atoms with Crippen molar-refractivity contribution in [3.8, 4) is 11.1 Å². The maximum atomic E-state index is 6.17. The van der Waals surface area contributed by atoms with E-state index in [-0.39, 0.29) is 0 Å². The zero-order chi connectivity index (χ0) is 12.2. The molecule has 0 saturated carbocycles. The Kier molecular flexibility index (Phi) is 2.40. The summed E-state index contributed by atoms with van der Waals surface area (Å²) in [5.41, 5.74) is 2.76. The van der Waals surface area contributed by atoms with Crippen LogP contribution in [-0.4, -0.2) is 0 Å². The lowest BCUT2D eigenvalue weighted by atomic mass is 10.2. The molecular formula is C14H9PS3. The molecule has 3 heterocycles. The lowest BCUT2D eigenvalue weighted by Crippen LogP contribution is -2.18. The molecule has 0 N–H and O–H groups in total. The fourth-order valence-electron chi connectivity index (χ4n) is 2.52. The Morgan fingerprint density at radius 2 is 1.33 bits per heavy atom. The van der Waals surface area contributed by atoms with Crippen LogP contribution < -0.4 is 15.9 Å². The minimum Gasteiger partial charge on any atom is -0.151 e. The number of fused-ring (bicyclic) bond motifs is 3. The average Bonchev–Trinajstić information content (AvgIpc) is 3.09. The lowest BCUT2D eigenvalue weighted by molar-refractivity contribution is 1.77. The van der Waals surface area contributed by atoms with Crippen molar-refractivity contribution in [1.82, 2.24) is 0 Å². The van der Waals surface area contributed by atoms with E-state index in [1.807, 2.05) is 0 Å². The highest BCUT2D eigenvalue weighted by Crippen LogP contribution is 2.54. The standard InChI is InChI=1S/C14H9PS3/c16-15(10-4-2-1-3-5-10)13-8-17-6-11(13)12-7-18-9-14(12)15/h1-9H. The SMILES string of the molecule is S=P1(c2ccccc2)c2cscc2-c2cscc21. The summed E-state index contributed by atoms with van der Waals surface area (Å²) in [5.74, 6) is 0. The van der Waals surface area contributed by atoms with Gasteiger partial charge in [0.15, 0.2) is 0 Å². The number of rotatable bonds is 1. The van der Waals surface area contributed by atoms with E-state index in [4.69, 9.17) is 11.8 Å². The zero-order valence-electron chi connectivity index (χ0n) is 9.37. The quantitative estimate of drug-likeness (QED) is 0.485. The first-order valence-electron chi connectivity index (χ1n) is 5.61. The second-order valence-corrected chi connectivity index (χ2v) is 10.1. The smallest absolute Gasteiger partial charge is 0.0408 e. The van der Waals surface area contributed by atoms with Gasteiger partial charge in [-0.25, -0.2) is 0 Å². The van der Waals surface area contributed by atoms with Crippen LogP contribution in [0.1, 0.15) is 0 Å². The second kappa shape index (κ2) is 3.88. The fourth-order valence-corrected chi connectivity index (χ4v) is 9.86. The van der Waals surface area contributed by atoms with Crippen molar-refractivity contribution >= 4 is 56.4 Å². The second-order valence-electron chi connectivity index (χ2n) is 4.29. The maximum absolute atomic E-state index is 6.17. The highest BCUT2D eigenvalue weighted by molar-refractivity contribution is 8.26. The third-order valence-corrected chi connectivity index (χ3v) is 10.1. The molecule has 2 aromatic heterocycles. The minimum absolute atomic E-state index is 1.32. The molecule has 0 radical (unpaired) electrons. The van der Waals surface area contributed by atoms with E-state index in [9.17, 15) is 0 Å². The first-order valence-corrected chi connectivity index (χ1v) is 10.3. The van der Waals surface area contributed by atoms with E-state index in [1.54, 1.807) is 22.7 Å². The van der Waals surface area contributed by atoms with E-state index >= 15 is 0 Å². The largest absolute Gasteiger partial charge is 0.151 e. The first kappa shape index (κ1) is 11.1. The van der Waals surface area contributed by atoms with Crippen LogP contribution in [0.5, 0.6) is 0 Å². The molecule has 1 aliphatic rings. The van der Waals surface area contributed by atoms with E-state index in [0.717, 1.165) is 0 Å². The summed E-state index contributed by atoms with van der Waals surface area (Å²) in [7, 11) is 0. The number of benzene rings is 1. The van der Waals surface area contributed by atoms with Crippen LogP contribution in [0.3, 0.4) is 0 Å². The van der Waals surface area contributed by atoms with Gasteiger partial charge in [0.1, 0.15) is 0 Å². The van der Waals surface area contributed by atoms with Crippen LogP contribution in [0, 0.1) is 0 Å². The van der Waals surface area contributed by atoms with Crippen LogP contribution >= 0.6 is 28.7 Å². The van der Waals surface area contributed by atoms with Gasteiger partial charge in [-0.1, -0.05) is 42.1 Å². The summed E-state index contributed by atoms with van der Waals surface area (Å²) >= 11 is 9.72. The topological polar surface area (TPSA) is 0 Å². The van der Waals surface area contributed by atoms with Gasteiger partial charge in [0.05, 0.1) is 0 Å². The highest BCUT2D eigenvalue weighted by Gasteiger charge is 2.37. The van der Waals surface area contributed by atoms with E-state index in [1.165, 1.54) is 27.0 Å². The molecule has 0 bridgehead atoms. The predicted molar refractivity (Wildman–Crippen MR) is 87.3 cm³/mol. The van der Waals surface area contributed by atoms with Crippen molar-refractivity contribution in [2.45, 2.75) is 0 Å². The Labute approximate surface area is 119 Å². The molecule has 0 amide bonds. The van der Waals surface area contributed by atoms with E-state index in [0.29, 0.717) is 0 Å². The molecule has 4 rings (SSSR count). The van der Waals surface area contributed by atoms with Crippen LogP contribution in [-0.2, 0) is 11.8 Å². The van der Waals surface area contributed by atoms with Gasteiger partial charge in [0.2, 0.25) is 0 Å². The Morgan fingerprint density at radius 1 is 0.778 bits per heavy atom. The molecule has 3 aromatic rings. The Bertz CT molecular complexity index is 723. The van der Waals surface area contributed by atoms with Gasteiger partial charge in [-0.2, -0.15) is 22.7 Å². The van der Waals surface area contributed by atoms with Gasteiger partial charge in [0.25, 0.3) is 0 Å². The number of hydrogen-bond acceptors (Lipinski definition) is 3. The van der Waals surface area contributed by atoms with Crippen molar-refractivity contribution in [2.75, 3.05) is 0 Å². The molecule has 0 saturated heterocycles. The normalized spacial score (nSPS) is 15.3. The molecule has 1 aromatic carbocycles. The molecule has 0 spiro atoms. The summed E-state index contributed by atoms with van der Waals surface area (Å²) < 4.78 is 0. The Morgan fingerprint density at radius 3 is 1.89 bits per heavy atom. The van der Waals surface area contributed by atoms with E-state index in [2.05, 4.69) is 51.9 Å². The van der Waals surface area contributed by atoms with Gasteiger partial charge in [0, 0.05) is 38.5 Å². The van der Waals surface area contributed by atoms with Crippen LogP contribution in [0.4, 0.5) is 0 Å². The number of hydrogen-bond donors (Lipinski definition) is 0. The molecule has 0 fully saturated rings. The monoisotopic (exact) mass is 304 g/mol. The van der Waals surface area contributed by atoms with Crippen molar-refractivity contribution < 1.29 is 0 Å². The predicted octanol–water partition coefficient (Wildman–Crippen LogP) is 3.55. The van der Waals surface area contributed by atoms with Crippen molar-refractivity contribution in [3.63, 3.8) is 0 Å². The molecule has 1 aliphatic heterocycles. The van der Waals surface area contributed by atoms with Crippen LogP contribution in [0.15, 0.2) is 51.9 Å². The number of thiophene rings is 2. The zero-order valence-corrected chi connectivity index (χ0v) is 12.7. The van der Waals surface area contributed by atoms with Crippen molar-refractivity contribution in [1.29, 1.82) is 0 Å². The molecule has 0 nitrogen and oxygen atoms in total. The van der Waals surface area contributed by atoms with Crippen LogP contribution in [0.25, 0.3) is 11.1 Å². The molecule has 0 atom stereocenters. The van der Waals surface area contributed by atoms with Gasteiger partial charge in [-0.05, 0) is 16.1 Å². The molecule has 0 aliphatic carbocycles. The minimum atomic E-state index is -1.75. The Balaban J connectivity index is 2.12. The molecule has 4 heteroatoms. The average molecular weight is 304 g/mol.